The van der Waals surface area contributed by atoms with Crippen LogP contribution in [0, 0.1) is 0 Å². The van der Waals surface area contributed by atoms with Crippen LogP contribution in [0.4, 0.5) is 13.2 Å². The van der Waals surface area contributed by atoms with Crippen molar-refractivity contribution in [2.45, 2.75) is 12.7 Å². The number of carbonyl (C=O) groups is 1. The number of nitrogens with one attached hydrogen (secondary N) is 1. The third-order valence-electron chi connectivity index (χ3n) is 3.59. The molecule has 3 aromatic rings. The van der Waals surface area contributed by atoms with Gasteiger partial charge in [-0.15, -0.1) is 0 Å². The number of benzene rings is 2. The number of alkyl halides is 3. The minimum Gasteiger partial charge on any atom is -0.311 e. The number of aromatic nitrogens is 2. The van der Waals surface area contributed by atoms with Crippen molar-refractivity contribution < 1.29 is 18.0 Å². The van der Waals surface area contributed by atoms with E-state index < -0.39 is 24.5 Å². The normalized spacial score (nSPS) is 12.0. The van der Waals surface area contributed by atoms with Crippen molar-refractivity contribution >= 4 is 46.4 Å². The number of rotatable bonds is 4. The Kier molecular flexibility index (Phi) is 5.38. The minimum absolute atomic E-state index is 0.143. The zero-order valence-corrected chi connectivity index (χ0v) is 15.0. The monoisotopic (exact) mass is 414 g/mol. The minimum atomic E-state index is -4.70. The van der Waals surface area contributed by atoms with Crippen LogP contribution < -0.4 is 5.43 Å². The molecular weight excluding hydrogens is 404 g/mol. The highest BCUT2D eigenvalue weighted by Gasteiger charge is 2.37. The molecule has 27 heavy (non-hydrogen) atoms. The van der Waals surface area contributed by atoms with Gasteiger partial charge in [-0.2, -0.15) is 18.3 Å². The summed E-state index contributed by atoms with van der Waals surface area (Å²) in [6.45, 7) is -0.608. The number of hydrogen-bond acceptors (Lipinski definition) is 3. The van der Waals surface area contributed by atoms with Crippen molar-refractivity contribution in [1.82, 2.24) is 15.0 Å². The quantitative estimate of drug-likeness (QED) is 0.504. The van der Waals surface area contributed by atoms with Gasteiger partial charge in [0.25, 0.3) is 5.91 Å². The van der Waals surface area contributed by atoms with Gasteiger partial charge in [-0.25, -0.2) is 10.4 Å². The van der Waals surface area contributed by atoms with Gasteiger partial charge in [0.2, 0.25) is 5.82 Å². The van der Waals surface area contributed by atoms with Crippen LogP contribution in [-0.4, -0.2) is 21.7 Å². The van der Waals surface area contributed by atoms with Crippen LogP contribution in [0.2, 0.25) is 10.0 Å². The lowest BCUT2D eigenvalue weighted by molar-refractivity contribution is -0.147. The molecule has 0 unspecified atom stereocenters. The molecule has 0 fully saturated rings. The molecule has 1 N–H and O–H groups in total. The number of hydrazone groups is 1. The van der Waals surface area contributed by atoms with Crippen LogP contribution >= 0.6 is 23.2 Å². The summed E-state index contributed by atoms with van der Waals surface area (Å²) in [6.07, 6.45) is -3.48. The summed E-state index contributed by atoms with van der Waals surface area (Å²) in [5.41, 5.74) is 2.88. The maximum atomic E-state index is 13.2. The first-order valence-corrected chi connectivity index (χ1v) is 8.31. The molecule has 5 nitrogen and oxygen atoms in total. The Morgan fingerprint density at radius 3 is 2.48 bits per heavy atom. The fourth-order valence-electron chi connectivity index (χ4n) is 2.43. The lowest BCUT2D eigenvalue weighted by Gasteiger charge is -2.10. The number of carbonyl (C=O) groups excluding carboxylic acids is 1. The summed E-state index contributed by atoms with van der Waals surface area (Å²) >= 11 is 11.9. The van der Waals surface area contributed by atoms with Crippen molar-refractivity contribution in [1.29, 1.82) is 0 Å². The van der Waals surface area contributed by atoms with Crippen LogP contribution in [-0.2, 0) is 17.5 Å². The molecule has 0 bridgehead atoms. The molecule has 140 valence electrons. The highest BCUT2D eigenvalue weighted by atomic mass is 35.5. The number of halogens is 5. The van der Waals surface area contributed by atoms with Crippen LogP contribution in [0.3, 0.4) is 0 Å². The fourth-order valence-corrected chi connectivity index (χ4v) is 2.93. The van der Waals surface area contributed by atoms with Crippen molar-refractivity contribution in [3.05, 3.63) is 63.9 Å². The third kappa shape index (κ3) is 4.23. The first-order valence-electron chi connectivity index (χ1n) is 7.56. The van der Waals surface area contributed by atoms with E-state index in [0.717, 1.165) is 4.57 Å². The predicted octanol–water partition coefficient (Wildman–Crippen LogP) is 4.51. The van der Waals surface area contributed by atoms with Crippen LogP contribution in [0.25, 0.3) is 11.0 Å². The first kappa shape index (κ1) is 19.2. The smallest absolute Gasteiger partial charge is 0.311 e. The molecule has 0 aliphatic carbocycles. The Hall–Kier alpha value is -2.58. The van der Waals surface area contributed by atoms with Gasteiger partial charge >= 0.3 is 6.18 Å². The average molecular weight is 415 g/mol. The van der Waals surface area contributed by atoms with E-state index >= 15 is 0 Å². The highest BCUT2D eigenvalue weighted by Crippen LogP contribution is 2.31. The van der Waals surface area contributed by atoms with E-state index in [0.29, 0.717) is 15.6 Å². The Morgan fingerprint density at radius 1 is 1.15 bits per heavy atom. The van der Waals surface area contributed by atoms with E-state index in [9.17, 15) is 18.0 Å². The SMILES string of the molecule is O=C(Cn1c(C(F)(F)F)nc2ccccc21)N/N=C/c1c(Cl)cccc1Cl. The van der Waals surface area contributed by atoms with Crippen molar-refractivity contribution in [3.8, 4) is 0 Å². The van der Waals surface area contributed by atoms with E-state index in [4.69, 9.17) is 23.2 Å². The van der Waals surface area contributed by atoms with Crippen molar-refractivity contribution in [2.24, 2.45) is 5.10 Å². The summed E-state index contributed by atoms with van der Waals surface area (Å²) in [5.74, 6) is -1.92. The lowest BCUT2D eigenvalue weighted by Crippen LogP contribution is -2.26. The van der Waals surface area contributed by atoms with Gasteiger partial charge in [0.05, 0.1) is 27.3 Å². The first-order chi connectivity index (χ1) is 12.8. The molecule has 1 aromatic heterocycles. The van der Waals surface area contributed by atoms with Gasteiger partial charge in [0.15, 0.2) is 0 Å². The molecule has 0 saturated heterocycles. The molecule has 0 atom stereocenters. The molecule has 3 rings (SSSR count). The second kappa shape index (κ2) is 7.58. The zero-order valence-electron chi connectivity index (χ0n) is 13.5. The molecule has 0 saturated carbocycles. The van der Waals surface area contributed by atoms with E-state index in [1.165, 1.54) is 18.3 Å². The molecule has 10 heteroatoms. The second-order valence-corrected chi connectivity index (χ2v) is 6.25. The van der Waals surface area contributed by atoms with Gasteiger partial charge in [-0.1, -0.05) is 41.4 Å². The van der Waals surface area contributed by atoms with Crippen LogP contribution in [0.15, 0.2) is 47.6 Å². The van der Waals surface area contributed by atoms with Gasteiger partial charge in [-0.3, -0.25) is 4.79 Å². The van der Waals surface area contributed by atoms with E-state index in [2.05, 4.69) is 15.5 Å². The molecule has 0 aliphatic heterocycles. The summed E-state index contributed by atoms with van der Waals surface area (Å²) in [6, 6.07) is 10.8. The van der Waals surface area contributed by atoms with Crippen molar-refractivity contribution in [2.75, 3.05) is 0 Å². The number of imidazole rings is 1. The Morgan fingerprint density at radius 2 is 1.81 bits per heavy atom. The standard InChI is InChI=1S/C17H11Cl2F3N4O/c18-11-4-3-5-12(19)10(11)8-23-25-15(27)9-26-14-7-2-1-6-13(14)24-16(26)17(20,21)22/h1-8H,9H2,(H,25,27)/b23-8+. The Labute approximate surface area is 161 Å². The Bertz CT molecular complexity index is 1010. The number of fused-ring (bicyclic) bond motifs is 1. The maximum absolute atomic E-state index is 13.2. The van der Waals surface area contributed by atoms with E-state index in [1.807, 2.05) is 0 Å². The largest absolute Gasteiger partial charge is 0.449 e. The lowest BCUT2D eigenvalue weighted by atomic mass is 10.2. The zero-order chi connectivity index (χ0) is 19.6. The maximum Gasteiger partial charge on any atom is 0.449 e. The molecule has 2 aromatic carbocycles. The average Bonchev–Trinajstić information content (AvgIpc) is 2.96. The van der Waals surface area contributed by atoms with Crippen LogP contribution in [0.5, 0.6) is 0 Å². The Balaban J connectivity index is 1.81. The number of amides is 1. The van der Waals surface area contributed by atoms with Gasteiger partial charge in [-0.05, 0) is 24.3 Å². The summed E-state index contributed by atoms with van der Waals surface area (Å²) < 4.78 is 40.5. The molecular formula is C17H11Cl2F3N4O. The fraction of sp³-hybridized carbons (Fsp3) is 0.118. The molecule has 0 radical (unpaired) electrons. The summed E-state index contributed by atoms with van der Waals surface area (Å²) in [4.78, 5) is 15.7. The highest BCUT2D eigenvalue weighted by molar-refractivity contribution is 6.38. The number of para-hydroxylation sites is 2. The van der Waals surface area contributed by atoms with E-state index in [1.54, 1.807) is 30.3 Å². The summed E-state index contributed by atoms with van der Waals surface area (Å²) in [7, 11) is 0. The topological polar surface area (TPSA) is 59.3 Å². The van der Waals surface area contributed by atoms with Gasteiger partial charge < -0.3 is 4.57 Å². The third-order valence-corrected chi connectivity index (χ3v) is 4.25. The number of nitrogens with zero attached hydrogens (tertiary/aromatic N) is 3. The molecule has 0 spiro atoms. The van der Waals surface area contributed by atoms with E-state index in [-0.39, 0.29) is 11.0 Å². The van der Waals surface area contributed by atoms with Gasteiger partial charge in [0.1, 0.15) is 6.54 Å². The summed E-state index contributed by atoms with van der Waals surface area (Å²) in [5, 5.41) is 4.35. The number of hydrogen-bond donors (Lipinski definition) is 1. The predicted molar refractivity (Wildman–Crippen MR) is 96.9 cm³/mol. The van der Waals surface area contributed by atoms with Crippen molar-refractivity contribution in [3.63, 3.8) is 0 Å². The van der Waals surface area contributed by atoms with Crippen LogP contribution in [0.1, 0.15) is 11.4 Å². The molecule has 1 heterocycles. The molecule has 0 aliphatic rings. The second-order valence-electron chi connectivity index (χ2n) is 5.44. The van der Waals surface area contributed by atoms with Gasteiger partial charge in [0, 0.05) is 5.56 Å². The molecule has 1 amide bonds.